The molecule has 2 N–H and O–H groups in total. The number of ether oxygens (including phenoxy) is 1. The molecule has 7 heteroatoms. The van der Waals surface area contributed by atoms with E-state index in [1.807, 2.05) is 44.2 Å². The van der Waals surface area contributed by atoms with E-state index in [0.717, 1.165) is 35.3 Å². The molecule has 1 aliphatic heterocycles. The van der Waals surface area contributed by atoms with Crippen LogP contribution in [0, 0.1) is 19.8 Å². The predicted octanol–water partition coefficient (Wildman–Crippen LogP) is 5.66. The van der Waals surface area contributed by atoms with E-state index in [4.69, 9.17) is 0 Å². The highest BCUT2D eigenvalue weighted by Crippen LogP contribution is 2.42. The van der Waals surface area contributed by atoms with Crippen molar-refractivity contribution in [3.05, 3.63) is 101 Å². The molecule has 0 fully saturated rings. The Morgan fingerprint density at radius 2 is 1.77 bits per heavy atom. The lowest BCUT2D eigenvalue weighted by Gasteiger charge is -2.29. The topological polar surface area (TPSA) is 84.5 Å². The minimum atomic E-state index is -3.61. The number of fused-ring (bicyclic) bond motifs is 3. The SMILES string of the molecule is COC(=O)c1ccccc1.Cc1ccc(NS(=O)(=O)c2ccc3c(c2)C2C=CCC2CN3)cc1C. The van der Waals surface area contributed by atoms with Gasteiger partial charge in [0, 0.05) is 23.8 Å². The molecule has 3 aromatic rings. The molecule has 1 aliphatic carbocycles. The van der Waals surface area contributed by atoms with Gasteiger partial charge < -0.3 is 10.1 Å². The van der Waals surface area contributed by atoms with Crippen LogP contribution in [0.25, 0.3) is 0 Å². The maximum Gasteiger partial charge on any atom is 0.337 e. The Bertz CT molecular complexity index is 1350. The molecule has 182 valence electrons. The van der Waals surface area contributed by atoms with Crippen LogP contribution in [0.1, 0.15) is 39.4 Å². The van der Waals surface area contributed by atoms with Crippen LogP contribution in [0.3, 0.4) is 0 Å². The van der Waals surface area contributed by atoms with Crippen LogP contribution in [0.15, 0.2) is 83.8 Å². The predicted molar refractivity (Wildman–Crippen MR) is 139 cm³/mol. The minimum absolute atomic E-state index is 0.291. The number of rotatable bonds is 4. The third kappa shape index (κ3) is 5.57. The van der Waals surface area contributed by atoms with Crippen LogP contribution >= 0.6 is 0 Å². The van der Waals surface area contributed by atoms with Crippen LogP contribution in [0.2, 0.25) is 0 Å². The highest BCUT2D eigenvalue weighted by atomic mass is 32.2. The second-order valence-electron chi connectivity index (χ2n) is 8.84. The fourth-order valence-corrected chi connectivity index (χ4v) is 5.45. The summed E-state index contributed by atoms with van der Waals surface area (Å²) in [6.07, 6.45) is 5.45. The molecule has 3 aromatic carbocycles. The molecule has 0 bridgehead atoms. The van der Waals surface area contributed by atoms with Crippen LogP contribution < -0.4 is 10.0 Å². The first-order valence-corrected chi connectivity index (χ1v) is 13.0. The van der Waals surface area contributed by atoms with E-state index in [1.54, 1.807) is 36.4 Å². The average Bonchev–Trinajstić information content (AvgIpc) is 3.36. The van der Waals surface area contributed by atoms with Gasteiger partial charge in [-0.05, 0) is 85.3 Å². The summed E-state index contributed by atoms with van der Waals surface area (Å²) < 4.78 is 32.9. The molecule has 6 nitrogen and oxygen atoms in total. The van der Waals surface area contributed by atoms with Crippen LogP contribution in [0.4, 0.5) is 11.4 Å². The Labute approximate surface area is 207 Å². The summed E-state index contributed by atoms with van der Waals surface area (Å²) in [5, 5.41) is 3.42. The quantitative estimate of drug-likeness (QED) is 0.364. The zero-order chi connectivity index (χ0) is 25.0. The first-order chi connectivity index (χ1) is 16.8. The van der Waals surface area contributed by atoms with Gasteiger partial charge >= 0.3 is 5.97 Å². The third-order valence-corrected chi connectivity index (χ3v) is 7.87. The summed E-state index contributed by atoms with van der Waals surface area (Å²) in [5.41, 5.74) is 5.50. The molecule has 0 aromatic heterocycles. The van der Waals surface area contributed by atoms with Crippen molar-refractivity contribution in [1.82, 2.24) is 0 Å². The number of hydrogen-bond acceptors (Lipinski definition) is 5. The second kappa shape index (κ2) is 10.4. The molecule has 5 rings (SSSR count). The molecular formula is C28H30N2O4S. The maximum atomic E-state index is 12.8. The highest BCUT2D eigenvalue weighted by molar-refractivity contribution is 7.92. The number of anilines is 2. The largest absolute Gasteiger partial charge is 0.465 e. The Morgan fingerprint density at radius 1 is 1.00 bits per heavy atom. The van der Waals surface area contributed by atoms with Gasteiger partial charge in [-0.25, -0.2) is 13.2 Å². The standard InChI is InChI=1S/C20H22N2O2S.C8H8O2/c1-13-6-7-16(10-14(13)2)22-25(23,24)17-8-9-20-19(11-17)18-5-3-4-15(18)12-21-20;1-10-8(9)7-5-3-2-4-6-7/h3,5-11,15,18,21-22H,4,12H2,1-2H3;2-6H,1H3. The zero-order valence-corrected chi connectivity index (χ0v) is 20.9. The number of nitrogens with one attached hydrogen (secondary N) is 2. The number of esters is 1. The smallest absolute Gasteiger partial charge is 0.337 e. The average molecular weight is 491 g/mol. The molecule has 2 unspecified atom stereocenters. The third-order valence-electron chi connectivity index (χ3n) is 6.49. The Balaban J connectivity index is 0.000000243. The zero-order valence-electron chi connectivity index (χ0n) is 20.1. The van der Waals surface area contributed by atoms with Gasteiger partial charge in [0.15, 0.2) is 0 Å². The molecule has 0 saturated carbocycles. The first-order valence-electron chi connectivity index (χ1n) is 11.6. The van der Waals surface area contributed by atoms with Crippen molar-refractivity contribution < 1.29 is 17.9 Å². The first kappa shape index (κ1) is 24.5. The van der Waals surface area contributed by atoms with Crippen LogP contribution in [0.5, 0.6) is 0 Å². The highest BCUT2D eigenvalue weighted by Gasteiger charge is 2.31. The van der Waals surface area contributed by atoms with E-state index in [9.17, 15) is 13.2 Å². The number of carbonyl (C=O) groups is 1. The number of methoxy groups -OCH3 is 1. The Kier molecular flexibility index (Phi) is 7.26. The van der Waals surface area contributed by atoms with Crippen molar-refractivity contribution in [3.8, 4) is 0 Å². The Hall–Kier alpha value is -3.58. The lowest BCUT2D eigenvalue weighted by Crippen LogP contribution is -2.25. The van der Waals surface area contributed by atoms with Crippen LogP contribution in [-0.2, 0) is 14.8 Å². The Morgan fingerprint density at radius 3 is 2.49 bits per heavy atom. The molecule has 2 aliphatic rings. The van der Waals surface area contributed by atoms with E-state index >= 15 is 0 Å². The van der Waals surface area contributed by atoms with Gasteiger partial charge in [0.1, 0.15) is 0 Å². The van der Waals surface area contributed by atoms with Crippen molar-refractivity contribution >= 4 is 27.4 Å². The molecule has 1 heterocycles. The van der Waals surface area contributed by atoms with Gasteiger partial charge in [0.05, 0.1) is 17.6 Å². The second-order valence-corrected chi connectivity index (χ2v) is 10.5. The lowest BCUT2D eigenvalue weighted by molar-refractivity contribution is 0.0600. The molecule has 2 atom stereocenters. The van der Waals surface area contributed by atoms with Gasteiger partial charge in [-0.3, -0.25) is 4.72 Å². The monoisotopic (exact) mass is 490 g/mol. The van der Waals surface area contributed by atoms with Crippen molar-refractivity contribution in [2.45, 2.75) is 31.1 Å². The fraction of sp³-hybridized carbons (Fsp3) is 0.250. The van der Waals surface area contributed by atoms with E-state index in [2.05, 4.69) is 26.9 Å². The van der Waals surface area contributed by atoms with Crippen molar-refractivity contribution in [1.29, 1.82) is 0 Å². The lowest BCUT2D eigenvalue weighted by atomic mass is 9.85. The summed E-state index contributed by atoms with van der Waals surface area (Å²) in [6, 6.07) is 19.8. The molecule has 0 spiro atoms. The number of aryl methyl sites for hydroxylation is 2. The number of carbonyl (C=O) groups excluding carboxylic acids is 1. The van der Waals surface area contributed by atoms with E-state index in [1.165, 1.54) is 7.11 Å². The van der Waals surface area contributed by atoms with E-state index < -0.39 is 10.0 Å². The number of benzene rings is 3. The summed E-state index contributed by atoms with van der Waals surface area (Å²) in [6.45, 7) is 4.93. The summed E-state index contributed by atoms with van der Waals surface area (Å²) in [5.74, 6) is 0.548. The van der Waals surface area contributed by atoms with Gasteiger partial charge in [-0.2, -0.15) is 0 Å². The van der Waals surface area contributed by atoms with E-state index in [0.29, 0.717) is 28.0 Å². The van der Waals surface area contributed by atoms with Gasteiger partial charge in [0.2, 0.25) is 0 Å². The number of sulfonamides is 1. The maximum absolute atomic E-state index is 12.8. The molecule has 0 amide bonds. The van der Waals surface area contributed by atoms with Gasteiger partial charge in [-0.15, -0.1) is 0 Å². The molecular weight excluding hydrogens is 460 g/mol. The van der Waals surface area contributed by atoms with Crippen LogP contribution in [-0.4, -0.2) is 28.0 Å². The summed E-state index contributed by atoms with van der Waals surface area (Å²) in [7, 11) is -2.24. The molecule has 0 saturated heterocycles. The number of allylic oxidation sites excluding steroid dienone is 2. The summed E-state index contributed by atoms with van der Waals surface area (Å²) in [4.78, 5) is 11.1. The van der Waals surface area contributed by atoms with Gasteiger partial charge in [-0.1, -0.05) is 36.4 Å². The van der Waals surface area contributed by atoms with Crippen molar-refractivity contribution in [2.75, 3.05) is 23.7 Å². The molecule has 35 heavy (non-hydrogen) atoms. The minimum Gasteiger partial charge on any atom is -0.465 e. The fourth-order valence-electron chi connectivity index (χ4n) is 4.37. The number of hydrogen-bond donors (Lipinski definition) is 2. The van der Waals surface area contributed by atoms with E-state index in [-0.39, 0.29) is 5.97 Å². The molecule has 0 radical (unpaired) electrons. The van der Waals surface area contributed by atoms with Crippen molar-refractivity contribution in [3.63, 3.8) is 0 Å². The van der Waals surface area contributed by atoms with Crippen molar-refractivity contribution in [2.24, 2.45) is 5.92 Å². The normalized spacial score (nSPS) is 17.8. The summed E-state index contributed by atoms with van der Waals surface area (Å²) >= 11 is 0. The van der Waals surface area contributed by atoms with Gasteiger partial charge in [0.25, 0.3) is 10.0 Å².